The number of nitrogens with zero attached hydrogens (tertiary/aromatic N) is 4. The summed E-state index contributed by atoms with van der Waals surface area (Å²) >= 11 is 0. The van der Waals surface area contributed by atoms with Crippen LogP contribution in [-0.4, -0.2) is 52.6 Å². The van der Waals surface area contributed by atoms with E-state index in [1.807, 2.05) is 53.4 Å². The Kier molecular flexibility index (Phi) is 6.06. The average Bonchev–Trinajstić information content (AvgIpc) is 3.36. The topological polar surface area (TPSA) is 88.8 Å². The maximum absolute atomic E-state index is 13.2. The summed E-state index contributed by atoms with van der Waals surface area (Å²) in [6.07, 6.45) is 2.97. The molecular weight excluding hydrogens is 420 g/mol. The fraction of sp³-hybridized carbons (Fsp3) is 0.360. The molecule has 2 aliphatic heterocycles. The molecule has 2 aliphatic rings. The summed E-state index contributed by atoms with van der Waals surface area (Å²) in [4.78, 5) is 34.2. The summed E-state index contributed by atoms with van der Waals surface area (Å²) in [6.45, 7) is 1.69. The van der Waals surface area contributed by atoms with Crippen LogP contribution in [0.25, 0.3) is 11.4 Å². The molecule has 1 fully saturated rings. The lowest BCUT2D eigenvalue weighted by atomic mass is 10.1. The van der Waals surface area contributed by atoms with Crippen LogP contribution in [-0.2, 0) is 16.0 Å². The van der Waals surface area contributed by atoms with E-state index < -0.39 is 6.10 Å². The van der Waals surface area contributed by atoms with Crippen molar-refractivity contribution in [1.29, 1.82) is 0 Å². The zero-order valence-electron chi connectivity index (χ0n) is 18.4. The first kappa shape index (κ1) is 21.2. The summed E-state index contributed by atoms with van der Waals surface area (Å²) in [5.74, 6) is 1.30. The highest BCUT2D eigenvalue weighted by Gasteiger charge is 2.36. The first-order valence-corrected chi connectivity index (χ1v) is 11.4. The fourth-order valence-corrected chi connectivity index (χ4v) is 4.33. The molecule has 1 unspecified atom stereocenters. The van der Waals surface area contributed by atoms with Crippen molar-refractivity contribution in [3.8, 4) is 17.1 Å². The van der Waals surface area contributed by atoms with E-state index in [9.17, 15) is 9.59 Å². The molecule has 8 heteroatoms. The van der Waals surface area contributed by atoms with Crippen LogP contribution in [0.3, 0.4) is 0 Å². The highest BCUT2D eigenvalue weighted by atomic mass is 16.5. The Morgan fingerprint density at radius 3 is 2.55 bits per heavy atom. The third kappa shape index (κ3) is 4.60. The van der Waals surface area contributed by atoms with Crippen LogP contribution in [0.1, 0.15) is 31.6 Å². The minimum atomic E-state index is -0.699. The highest BCUT2D eigenvalue weighted by molar-refractivity contribution is 5.97. The molecule has 1 aromatic heterocycles. The number of hydrogen-bond donors (Lipinski definition) is 0. The van der Waals surface area contributed by atoms with Crippen LogP contribution in [0.15, 0.2) is 59.1 Å². The number of carbonyl (C=O) groups is 2. The molecule has 3 aromatic rings. The number of aromatic nitrogens is 2. The number of fused-ring (bicyclic) bond motifs is 1. The van der Waals surface area contributed by atoms with Gasteiger partial charge in [0.05, 0.1) is 12.2 Å². The largest absolute Gasteiger partial charge is 0.476 e. The number of hydrogen-bond acceptors (Lipinski definition) is 6. The van der Waals surface area contributed by atoms with Crippen LogP contribution in [0.2, 0.25) is 0 Å². The Morgan fingerprint density at radius 2 is 1.73 bits per heavy atom. The molecule has 0 spiro atoms. The number of ether oxygens (including phenoxy) is 1. The first-order chi connectivity index (χ1) is 16.2. The minimum Gasteiger partial charge on any atom is -0.476 e. The third-order valence-corrected chi connectivity index (χ3v) is 6.07. The summed E-state index contributed by atoms with van der Waals surface area (Å²) in [5.41, 5.74) is 1.54. The number of aryl methyl sites for hydroxylation is 1. The van der Waals surface area contributed by atoms with Crippen molar-refractivity contribution in [2.24, 2.45) is 0 Å². The molecule has 0 bridgehead atoms. The quantitative estimate of drug-likeness (QED) is 0.596. The van der Waals surface area contributed by atoms with Crippen LogP contribution < -0.4 is 9.64 Å². The van der Waals surface area contributed by atoms with Gasteiger partial charge in [0.1, 0.15) is 5.75 Å². The molecule has 0 saturated carbocycles. The van der Waals surface area contributed by atoms with Gasteiger partial charge in [-0.25, -0.2) is 0 Å². The summed E-state index contributed by atoms with van der Waals surface area (Å²) in [7, 11) is 0. The van der Waals surface area contributed by atoms with Crippen LogP contribution in [0.4, 0.5) is 5.69 Å². The second-order valence-corrected chi connectivity index (χ2v) is 8.34. The van der Waals surface area contributed by atoms with Crippen molar-refractivity contribution in [3.05, 3.63) is 60.5 Å². The van der Waals surface area contributed by atoms with Gasteiger partial charge >= 0.3 is 0 Å². The molecule has 5 rings (SSSR count). The van der Waals surface area contributed by atoms with Gasteiger partial charge in [0, 0.05) is 31.5 Å². The number of para-hydroxylation sites is 2. The summed E-state index contributed by atoms with van der Waals surface area (Å²) < 4.78 is 11.4. The van der Waals surface area contributed by atoms with E-state index in [1.165, 1.54) is 0 Å². The van der Waals surface area contributed by atoms with Crippen molar-refractivity contribution >= 4 is 17.5 Å². The zero-order chi connectivity index (χ0) is 22.6. The second kappa shape index (κ2) is 9.44. The number of piperidine rings is 1. The third-order valence-electron chi connectivity index (χ3n) is 6.07. The number of anilines is 1. The number of rotatable bonds is 5. The first-order valence-electron chi connectivity index (χ1n) is 11.4. The van der Waals surface area contributed by atoms with Crippen LogP contribution in [0.5, 0.6) is 5.75 Å². The maximum atomic E-state index is 13.2. The normalized spacial score (nSPS) is 17.9. The minimum absolute atomic E-state index is 0.0496. The summed E-state index contributed by atoms with van der Waals surface area (Å²) in [5, 5.41) is 4.02. The Hall–Kier alpha value is -3.68. The van der Waals surface area contributed by atoms with Gasteiger partial charge in [-0.1, -0.05) is 47.6 Å². The molecule has 1 saturated heterocycles. The smallest absolute Gasteiger partial charge is 0.265 e. The van der Waals surface area contributed by atoms with Gasteiger partial charge in [0.2, 0.25) is 17.6 Å². The van der Waals surface area contributed by atoms with Gasteiger partial charge in [0.15, 0.2) is 6.10 Å². The van der Waals surface area contributed by atoms with Gasteiger partial charge in [-0.2, -0.15) is 4.98 Å². The van der Waals surface area contributed by atoms with Crippen molar-refractivity contribution in [3.63, 3.8) is 0 Å². The molecule has 170 valence electrons. The molecule has 2 amide bonds. The molecule has 1 atom stereocenters. The van der Waals surface area contributed by atoms with E-state index in [4.69, 9.17) is 9.26 Å². The fourth-order valence-electron chi connectivity index (χ4n) is 4.33. The highest BCUT2D eigenvalue weighted by Crippen LogP contribution is 2.34. The lowest BCUT2D eigenvalue weighted by Crippen LogP contribution is -2.52. The Morgan fingerprint density at radius 1 is 0.970 bits per heavy atom. The zero-order valence-corrected chi connectivity index (χ0v) is 18.4. The number of amides is 2. The lowest BCUT2D eigenvalue weighted by Gasteiger charge is -2.37. The van der Waals surface area contributed by atoms with E-state index in [0.29, 0.717) is 29.6 Å². The van der Waals surface area contributed by atoms with E-state index in [-0.39, 0.29) is 24.8 Å². The molecule has 2 aromatic carbocycles. The SMILES string of the molecule is O=C(C1CN(C(=O)CCc2nc(-c3ccccc3)no2)c2ccccc2O1)N1CCCCC1. The standard InChI is InChI=1S/C25H26N4O4/c30-23(14-13-22-26-24(27-33-22)18-9-3-1-4-10-18)29-17-21(25(31)28-15-7-2-8-16-28)32-20-12-6-5-11-19(20)29/h1,3-6,9-12,21H,2,7-8,13-17H2. The van der Waals surface area contributed by atoms with E-state index in [2.05, 4.69) is 10.1 Å². The van der Waals surface area contributed by atoms with Gasteiger partial charge < -0.3 is 19.1 Å². The molecular formula is C25H26N4O4. The summed E-state index contributed by atoms with van der Waals surface area (Å²) in [6, 6.07) is 16.9. The van der Waals surface area contributed by atoms with Crippen molar-refractivity contribution in [2.45, 2.75) is 38.2 Å². The van der Waals surface area contributed by atoms with E-state index in [1.54, 1.807) is 11.0 Å². The number of likely N-dealkylation sites (tertiary alicyclic amines) is 1. The van der Waals surface area contributed by atoms with Gasteiger partial charge in [-0.3, -0.25) is 9.59 Å². The van der Waals surface area contributed by atoms with Crippen LogP contribution in [0, 0.1) is 0 Å². The Bertz CT molecular complexity index is 1120. The number of benzene rings is 2. The second-order valence-electron chi connectivity index (χ2n) is 8.34. The Labute approximate surface area is 192 Å². The van der Waals surface area contributed by atoms with Crippen molar-refractivity contribution < 1.29 is 18.8 Å². The maximum Gasteiger partial charge on any atom is 0.265 e. The van der Waals surface area contributed by atoms with E-state index in [0.717, 1.165) is 37.9 Å². The molecule has 33 heavy (non-hydrogen) atoms. The Balaban J connectivity index is 1.28. The van der Waals surface area contributed by atoms with Crippen LogP contribution >= 0.6 is 0 Å². The van der Waals surface area contributed by atoms with Gasteiger partial charge in [-0.15, -0.1) is 0 Å². The molecule has 3 heterocycles. The lowest BCUT2D eigenvalue weighted by molar-refractivity contribution is -0.139. The van der Waals surface area contributed by atoms with E-state index >= 15 is 0 Å². The van der Waals surface area contributed by atoms with Crippen molar-refractivity contribution in [2.75, 3.05) is 24.5 Å². The van der Waals surface area contributed by atoms with Crippen molar-refractivity contribution in [1.82, 2.24) is 15.0 Å². The predicted octanol–water partition coefficient (Wildman–Crippen LogP) is 3.48. The number of carbonyl (C=O) groups excluding carboxylic acids is 2. The van der Waals surface area contributed by atoms with Gasteiger partial charge in [0.25, 0.3) is 5.91 Å². The monoisotopic (exact) mass is 446 g/mol. The van der Waals surface area contributed by atoms with Gasteiger partial charge in [-0.05, 0) is 31.4 Å². The molecule has 0 aliphatic carbocycles. The average molecular weight is 447 g/mol. The predicted molar refractivity (Wildman–Crippen MR) is 122 cm³/mol. The molecule has 8 nitrogen and oxygen atoms in total. The molecule has 0 N–H and O–H groups in total. The molecule has 0 radical (unpaired) electrons.